The lowest BCUT2D eigenvalue weighted by atomic mass is 9.99. The fourth-order valence-electron chi connectivity index (χ4n) is 4.66. The van der Waals surface area contributed by atoms with Crippen molar-refractivity contribution in [2.45, 2.75) is 93.8 Å². The quantitative estimate of drug-likeness (QED) is 0.190. The van der Waals surface area contributed by atoms with Gasteiger partial charge in [-0.1, -0.05) is 64.5 Å². The van der Waals surface area contributed by atoms with Crippen molar-refractivity contribution in [1.82, 2.24) is 4.90 Å². The van der Waals surface area contributed by atoms with E-state index in [-0.39, 0.29) is 10.6 Å². The minimum absolute atomic E-state index is 0.0266. The number of sulfonamides is 1. The number of alkyl halides is 2. The molecule has 2 aromatic rings. The lowest BCUT2D eigenvalue weighted by Gasteiger charge is -2.33. The van der Waals surface area contributed by atoms with E-state index in [1.54, 1.807) is 18.2 Å². The molecule has 0 fully saturated rings. The number of anilines is 1. The predicted molar refractivity (Wildman–Crippen MR) is 149 cm³/mol. The molecule has 0 spiro atoms. The third-order valence-corrected chi connectivity index (χ3v) is 8.76. The second-order valence-corrected chi connectivity index (χ2v) is 13.3. The van der Waals surface area contributed by atoms with E-state index in [4.69, 9.17) is 23.2 Å². The van der Waals surface area contributed by atoms with Crippen molar-refractivity contribution < 1.29 is 12.8 Å². The van der Waals surface area contributed by atoms with Crippen LogP contribution in [0.2, 0.25) is 0 Å². The average molecular weight is 558 g/mol. The normalized spacial score (nSPS) is 14.6. The van der Waals surface area contributed by atoms with Gasteiger partial charge in [-0.3, -0.25) is 9.62 Å². The highest BCUT2D eigenvalue weighted by atomic mass is 35.5. The first kappa shape index (κ1) is 29.2. The summed E-state index contributed by atoms with van der Waals surface area (Å²) in [5.74, 6) is -0.549. The van der Waals surface area contributed by atoms with Crippen molar-refractivity contribution in [3.63, 3.8) is 0 Å². The van der Waals surface area contributed by atoms with Crippen molar-refractivity contribution >= 4 is 38.9 Å². The van der Waals surface area contributed by atoms with Crippen molar-refractivity contribution in [3.8, 4) is 0 Å². The van der Waals surface area contributed by atoms with Crippen LogP contribution in [0.5, 0.6) is 0 Å². The minimum Gasteiger partial charge on any atom is -0.296 e. The first-order chi connectivity index (χ1) is 17.1. The molecule has 0 bridgehead atoms. The highest BCUT2D eigenvalue weighted by molar-refractivity contribution is 7.92. The van der Waals surface area contributed by atoms with E-state index < -0.39 is 20.2 Å². The standard InChI is InChI=1S/C28H39Cl2FN2O2S/c1-3-5-7-8-9-10-22-11-14-27(26(31)18-22)32-36(34,35)25-13-12-24-20-33(17-15-23(24)19-25)21-28(29,30)16-6-4-2/h11-14,18-19,32H,3-10,15-17,20-21H2,1-2H3. The zero-order valence-electron chi connectivity index (χ0n) is 21.5. The molecule has 1 heterocycles. The first-order valence-electron chi connectivity index (χ1n) is 13.2. The fourth-order valence-corrected chi connectivity index (χ4v) is 6.39. The van der Waals surface area contributed by atoms with E-state index in [0.717, 1.165) is 61.8 Å². The van der Waals surface area contributed by atoms with Crippen molar-refractivity contribution in [3.05, 3.63) is 58.9 Å². The molecule has 0 radical (unpaired) electrons. The van der Waals surface area contributed by atoms with Gasteiger partial charge in [0.2, 0.25) is 0 Å². The smallest absolute Gasteiger partial charge is 0.261 e. The Balaban J connectivity index is 1.62. The van der Waals surface area contributed by atoms with E-state index >= 15 is 0 Å². The zero-order chi connectivity index (χ0) is 26.2. The maximum absolute atomic E-state index is 14.7. The number of benzene rings is 2. The number of aryl methyl sites for hydroxylation is 1. The Morgan fingerprint density at radius 2 is 1.72 bits per heavy atom. The maximum Gasteiger partial charge on any atom is 0.261 e. The van der Waals surface area contributed by atoms with Gasteiger partial charge in [-0.25, -0.2) is 12.8 Å². The summed E-state index contributed by atoms with van der Waals surface area (Å²) in [7, 11) is -3.91. The molecule has 0 saturated carbocycles. The van der Waals surface area contributed by atoms with Crippen LogP contribution in [0.25, 0.3) is 0 Å². The van der Waals surface area contributed by atoms with Crippen LogP contribution in [-0.4, -0.2) is 30.7 Å². The van der Waals surface area contributed by atoms with Gasteiger partial charge in [0.1, 0.15) is 10.2 Å². The molecular formula is C28H39Cl2FN2O2S. The van der Waals surface area contributed by atoms with E-state index in [2.05, 4.69) is 23.5 Å². The molecule has 0 saturated heterocycles. The summed E-state index contributed by atoms with van der Waals surface area (Å²) in [5, 5.41) is 0. The van der Waals surface area contributed by atoms with Gasteiger partial charge in [0, 0.05) is 19.6 Å². The van der Waals surface area contributed by atoms with Crippen LogP contribution in [0, 0.1) is 5.82 Å². The minimum atomic E-state index is -3.91. The van der Waals surface area contributed by atoms with E-state index in [1.165, 1.54) is 31.4 Å². The van der Waals surface area contributed by atoms with E-state index in [0.29, 0.717) is 19.5 Å². The van der Waals surface area contributed by atoms with Gasteiger partial charge >= 0.3 is 0 Å². The summed E-state index contributed by atoms with van der Waals surface area (Å²) in [5.41, 5.74) is 2.91. The summed E-state index contributed by atoms with van der Waals surface area (Å²) in [6.45, 7) is 6.29. The van der Waals surface area contributed by atoms with Crippen LogP contribution >= 0.6 is 23.2 Å². The number of rotatable bonds is 14. The summed E-state index contributed by atoms with van der Waals surface area (Å²) in [6.07, 6.45) is 10.00. The van der Waals surface area contributed by atoms with Gasteiger partial charge in [0.15, 0.2) is 0 Å². The molecule has 1 aliphatic heterocycles. The van der Waals surface area contributed by atoms with Gasteiger partial charge in [-0.15, -0.1) is 23.2 Å². The monoisotopic (exact) mass is 556 g/mol. The Labute approximate surface area is 226 Å². The summed E-state index contributed by atoms with van der Waals surface area (Å²) in [6, 6.07) is 9.88. The zero-order valence-corrected chi connectivity index (χ0v) is 23.8. The van der Waals surface area contributed by atoms with Crippen molar-refractivity contribution in [2.75, 3.05) is 17.8 Å². The van der Waals surface area contributed by atoms with Gasteiger partial charge in [0.25, 0.3) is 10.0 Å². The van der Waals surface area contributed by atoms with Gasteiger partial charge in [-0.2, -0.15) is 0 Å². The summed E-state index contributed by atoms with van der Waals surface area (Å²) < 4.78 is 42.4. The topological polar surface area (TPSA) is 49.4 Å². The third-order valence-electron chi connectivity index (χ3n) is 6.78. The molecule has 1 aliphatic rings. The highest BCUT2D eigenvalue weighted by Gasteiger charge is 2.29. The van der Waals surface area contributed by atoms with Crippen LogP contribution in [-0.2, 0) is 29.4 Å². The van der Waals surface area contributed by atoms with Gasteiger partial charge < -0.3 is 0 Å². The largest absolute Gasteiger partial charge is 0.296 e. The predicted octanol–water partition coefficient (Wildman–Crippen LogP) is 7.86. The molecular weight excluding hydrogens is 518 g/mol. The van der Waals surface area contributed by atoms with Crippen molar-refractivity contribution in [2.24, 2.45) is 0 Å². The summed E-state index contributed by atoms with van der Waals surface area (Å²) >= 11 is 13.0. The van der Waals surface area contributed by atoms with Gasteiger partial charge in [0.05, 0.1) is 10.6 Å². The van der Waals surface area contributed by atoms with E-state index in [1.807, 2.05) is 6.07 Å². The molecule has 200 valence electrons. The lowest BCUT2D eigenvalue weighted by Crippen LogP contribution is -2.39. The maximum atomic E-state index is 14.7. The summed E-state index contributed by atoms with van der Waals surface area (Å²) in [4.78, 5) is 2.35. The van der Waals surface area contributed by atoms with Crippen LogP contribution in [0.3, 0.4) is 0 Å². The van der Waals surface area contributed by atoms with Gasteiger partial charge in [-0.05, 0) is 66.6 Å². The number of halogens is 3. The molecule has 36 heavy (non-hydrogen) atoms. The molecule has 4 nitrogen and oxygen atoms in total. The number of nitrogens with one attached hydrogen (secondary N) is 1. The highest BCUT2D eigenvalue weighted by Crippen LogP contribution is 2.32. The number of nitrogens with zero attached hydrogens (tertiary/aromatic N) is 1. The molecule has 0 amide bonds. The second kappa shape index (κ2) is 13.5. The van der Waals surface area contributed by atoms with Crippen molar-refractivity contribution in [1.29, 1.82) is 0 Å². The molecule has 0 aliphatic carbocycles. The van der Waals surface area contributed by atoms with Crippen LogP contribution < -0.4 is 4.72 Å². The Morgan fingerprint density at radius 3 is 2.44 bits per heavy atom. The molecule has 0 unspecified atom stereocenters. The first-order valence-corrected chi connectivity index (χ1v) is 15.4. The molecule has 0 atom stereocenters. The SMILES string of the molecule is CCCCCCCc1ccc(NS(=O)(=O)c2ccc3c(c2)CCN(CC(Cl)(Cl)CCCC)C3)c(F)c1. The van der Waals surface area contributed by atoms with Crippen LogP contribution in [0.4, 0.5) is 10.1 Å². The Bertz CT molecular complexity index is 1110. The molecule has 8 heteroatoms. The molecule has 2 aromatic carbocycles. The van der Waals surface area contributed by atoms with Crippen LogP contribution in [0.15, 0.2) is 41.3 Å². The lowest BCUT2D eigenvalue weighted by molar-refractivity contribution is 0.241. The van der Waals surface area contributed by atoms with Crippen LogP contribution in [0.1, 0.15) is 81.9 Å². The third kappa shape index (κ3) is 8.61. The Kier molecular flexibility index (Phi) is 10.9. The second-order valence-electron chi connectivity index (χ2n) is 9.93. The number of unbranched alkanes of at least 4 members (excludes halogenated alkanes) is 5. The number of hydrogen-bond acceptors (Lipinski definition) is 3. The average Bonchev–Trinajstić information content (AvgIpc) is 2.83. The molecule has 0 aromatic heterocycles. The fraction of sp³-hybridized carbons (Fsp3) is 0.571. The Hall–Kier alpha value is -1.34. The number of hydrogen-bond donors (Lipinski definition) is 1. The molecule has 1 N–H and O–H groups in total. The molecule has 3 rings (SSSR count). The number of fused-ring (bicyclic) bond motifs is 1. The van der Waals surface area contributed by atoms with E-state index in [9.17, 15) is 12.8 Å². The Morgan fingerprint density at radius 1 is 0.972 bits per heavy atom.